The van der Waals surface area contributed by atoms with E-state index in [2.05, 4.69) is 14.0 Å². The van der Waals surface area contributed by atoms with Crippen LogP contribution in [0.2, 0.25) is 0 Å². The third-order valence-corrected chi connectivity index (χ3v) is 0.600. The van der Waals surface area contributed by atoms with Crippen LogP contribution in [0.15, 0.2) is 0 Å². The first-order valence-electron chi connectivity index (χ1n) is 2.19. The molecule has 0 rings (SSSR count). The summed E-state index contributed by atoms with van der Waals surface area (Å²) in [5.74, 6) is 0. The van der Waals surface area contributed by atoms with E-state index in [1.165, 1.54) is 0 Å². The van der Waals surface area contributed by atoms with Crippen molar-refractivity contribution in [2.45, 2.75) is 0 Å². The van der Waals surface area contributed by atoms with E-state index in [0.717, 1.165) is 0 Å². The van der Waals surface area contributed by atoms with Crippen LogP contribution >= 0.6 is 25.8 Å². The number of hydrogen-bond acceptors (Lipinski definition) is 12. The van der Waals surface area contributed by atoms with Crippen LogP contribution in [0.5, 0.6) is 0 Å². The zero-order valence-corrected chi connectivity index (χ0v) is 12.5. The van der Waals surface area contributed by atoms with Gasteiger partial charge in [-0.05, 0) is 0 Å². The summed E-state index contributed by atoms with van der Waals surface area (Å²) in [4.78, 5) is 53.6. The van der Waals surface area contributed by atoms with Crippen molar-refractivity contribution >= 4 is 60.5 Å². The third kappa shape index (κ3) is 72.6. The van der Waals surface area contributed by atoms with Gasteiger partial charge in [-0.25, -0.2) is 0 Å². The molecule has 0 aromatic heterocycles. The first-order chi connectivity index (χ1) is 6.81. The van der Waals surface area contributed by atoms with E-state index in [9.17, 15) is 0 Å². The van der Waals surface area contributed by atoms with Gasteiger partial charge in [-0.15, -0.1) is 25.8 Å². The van der Waals surface area contributed by atoms with Gasteiger partial charge in [0.15, 0.2) is 0 Å². The second kappa shape index (κ2) is 26.4. The maximum Gasteiger partial charge on any atom is 3.00 e. The van der Waals surface area contributed by atoms with Crippen molar-refractivity contribution in [2.24, 2.45) is 0 Å². The molecular formula is H3Al2O12P3. The first-order valence-corrected chi connectivity index (χ1v) is 5.48. The van der Waals surface area contributed by atoms with E-state index in [4.69, 9.17) is 45.1 Å². The largest absolute Gasteiger partial charge is 3.00 e. The average molecular weight is 342 g/mol. The minimum Gasteiger partial charge on any atom is -0.818 e. The molecule has 17 heavy (non-hydrogen) atoms. The van der Waals surface area contributed by atoms with Crippen LogP contribution in [0.3, 0.4) is 0 Å². The summed E-state index contributed by atoms with van der Waals surface area (Å²) in [6, 6.07) is 0. The Morgan fingerprint density at radius 3 is 0.588 bits per heavy atom. The maximum atomic E-state index is 8.93. The number of rotatable bonds is 3. The van der Waals surface area contributed by atoms with Crippen LogP contribution in [0.25, 0.3) is 0 Å². The fraction of sp³-hybridized carbons (Fsp3) is 0. The van der Waals surface area contributed by atoms with Crippen LogP contribution in [0.1, 0.15) is 0 Å². The monoisotopic (exact) mass is 342 g/mol. The summed E-state index contributed by atoms with van der Waals surface area (Å²) in [5.41, 5.74) is 0. The number of hydrogen-bond donors (Lipinski definition) is 3. The molecule has 0 atom stereocenters. The predicted molar refractivity (Wildman–Crippen MR) is 43.4 cm³/mol. The van der Waals surface area contributed by atoms with Crippen molar-refractivity contribution in [3.63, 3.8) is 0 Å². The van der Waals surface area contributed by atoms with Gasteiger partial charge in [-0.3, -0.25) is 29.8 Å². The molecule has 12 nitrogen and oxygen atoms in total. The van der Waals surface area contributed by atoms with Crippen LogP contribution in [-0.2, 0) is 14.0 Å². The van der Waals surface area contributed by atoms with Crippen LogP contribution in [0.4, 0.5) is 0 Å². The van der Waals surface area contributed by atoms with Gasteiger partial charge in [0.25, 0.3) is 0 Å². The molecule has 0 spiro atoms. The topological polar surface area (TPSA) is 227 Å². The third-order valence-electron chi connectivity index (χ3n) is 0.200. The van der Waals surface area contributed by atoms with Crippen molar-refractivity contribution in [1.82, 2.24) is 0 Å². The summed E-state index contributed by atoms with van der Waals surface area (Å²) in [5, 5.41) is 21.1. The van der Waals surface area contributed by atoms with Gasteiger partial charge in [0.2, 0.25) is 0 Å². The van der Waals surface area contributed by atoms with Gasteiger partial charge in [0.1, 0.15) is 0 Å². The van der Waals surface area contributed by atoms with E-state index in [-0.39, 0.29) is 34.7 Å². The zero-order chi connectivity index (χ0) is 12.9. The molecule has 0 amide bonds. The Labute approximate surface area is 120 Å². The van der Waals surface area contributed by atoms with Crippen LogP contribution in [0, 0.1) is 0 Å². The van der Waals surface area contributed by atoms with Gasteiger partial charge in [-0.2, -0.15) is 0 Å². The summed E-state index contributed by atoms with van der Waals surface area (Å²) in [7, 11) is -9.13. The van der Waals surface area contributed by atoms with Crippen molar-refractivity contribution in [1.29, 1.82) is 0 Å². The minimum absolute atomic E-state index is 0. The van der Waals surface area contributed by atoms with Crippen molar-refractivity contribution in [2.75, 3.05) is 0 Å². The van der Waals surface area contributed by atoms with Gasteiger partial charge >= 0.3 is 34.7 Å². The molecule has 0 saturated heterocycles. The molecule has 0 radical (unpaired) electrons. The summed E-state index contributed by atoms with van der Waals surface area (Å²) < 4.78 is 8.11. The van der Waals surface area contributed by atoms with E-state index in [1.54, 1.807) is 0 Å². The molecule has 0 fully saturated rings. The Balaban J connectivity index is -0.0000000400. The molecule has 0 unspecified atom stereocenters. The summed E-state index contributed by atoms with van der Waals surface area (Å²) >= 11 is 0. The second-order valence-corrected chi connectivity index (χ2v) is 2.75. The predicted octanol–water partition coefficient (Wildman–Crippen LogP) is -5.49. The fourth-order valence-corrected chi connectivity index (χ4v) is 0. The molecule has 0 heterocycles. The minimum atomic E-state index is -3.04. The van der Waals surface area contributed by atoms with Gasteiger partial charge in [-0.1, -0.05) is 0 Å². The molecule has 0 aromatic carbocycles. The molecule has 0 bridgehead atoms. The van der Waals surface area contributed by atoms with Crippen LogP contribution < -0.4 is 29.4 Å². The summed E-state index contributed by atoms with van der Waals surface area (Å²) in [6.45, 7) is 0. The molecule has 17 heteroatoms. The molecule has 3 N–H and O–H groups in total. The van der Waals surface area contributed by atoms with Crippen molar-refractivity contribution in [3.05, 3.63) is 0 Å². The molecule has 96 valence electrons. The van der Waals surface area contributed by atoms with Gasteiger partial charge in [0.05, 0.1) is 0 Å². The van der Waals surface area contributed by atoms with E-state index >= 15 is 0 Å². The quantitative estimate of drug-likeness (QED) is 0.189. The van der Waals surface area contributed by atoms with E-state index in [0.29, 0.717) is 0 Å². The molecular weight excluding hydrogens is 339 g/mol. The Morgan fingerprint density at radius 2 is 0.588 bits per heavy atom. The molecule has 0 aliphatic rings. The standard InChI is InChI=1S/2Al.3HO4P/c;;3*1-4-5(2)3/h;;3*1H/q2*+3;3*-2. The fourth-order valence-electron chi connectivity index (χ4n) is 0. The molecule has 0 aromatic rings. The van der Waals surface area contributed by atoms with Crippen LogP contribution in [-0.4, -0.2) is 50.5 Å². The Kier molecular flexibility index (Phi) is 48.7. The van der Waals surface area contributed by atoms with Gasteiger partial charge in [0, 0.05) is 0 Å². The SMILES string of the molecule is [Al+3].[Al+3].[O-]P([O-])OO.[O-]P([O-])OO.[O-]P([O-])OO. The second-order valence-electron chi connectivity index (χ2n) is 0.916. The van der Waals surface area contributed by atoms with Gasteiger partial charge < -0.3 is 29.4 Å². The van der Waals surface area contributed by atoms with Crippen molar-refractivity contribution in [3.8, 4) is 0 Å². The molecule has 0 aliphatic carbocycles. The smallest absolute Gasteiger partial charge is 0.818 e. The normalized spacial score (nSPS) is 8.47. The Hall–Kier alpha value is 1.87. The maximum absolute atomic E-state index is 8.93. The zero-order valence-electron chi connectivity index (χ0n) is 7.51. The Morgan fingerprint density at radius 1 is 0.529 bits per heavy atom. The summed E-state index contributed by atoms with van der Waals surface area (Å²) in [6.07, 6.45) is 0. The average Bonchev–Trinajstić information content (AvgIpc) is 2.19. The Bertz CT molecular complexity index is 80.7. The van der Waals surface area contributed by atoms with Crippen molar-refractivity contribution < 1.29 is 59.2 Å². The molecule has 0 saturated carbocycles. The first kappa shape index (κ1) is 31.3. The van der Waals surface area contributed by atoms with E-state index in [1.807, 2.05) is 0 Å². The van der Waals surface area contributed by atoms with E-state index < -0.39 is 25.8 Å². The molecule has 0 aliphatic heterocycles.